The van der Waals surface area contributed by atoms with E-state index in [0.717, 1.165) is 24.1 Å². The average molecular weight is 392 g/mol. The number of amides is 1. The molecule has 29 heavy (non-hydrogen) atoms. The summed E-state index contributed by atoms with van der Waals surface area (Å²) in [6, 6.07) is 14.7. The molecule has 0 unspecified atom stereocenters. The van der Waals surface area contributed by atoms with Crippen molar-refractivity contribution in [3.63, 3.8) is 0 Å². The van der Waals surface area contributed by atoms with Crippen LogP contribution in [0.15, 0.2) is 67.0 Å². The molecule has 0 saturated heterocycles. The van der Waals surface area contributed by atoms with Crippen molar-refractivity contribution in [1.29, 1.82) is 0 Å². The van der Waals surface area contributed by atoms with Crippen LogP contribution in [0.3, 0.4) is 0 Å². The number of carbonyl (C=O) groups excluding carboxylic acids is 1. The molecule has 2 aromatic carbocycles. The van der Waals surface area contributed by atoms with Crippen LogP contribution in [-0.4, -0.2) is 22.4 Å². The fourth-order valence-electron chi connectivity index (χ4n) is 3.14. The number of aromatic amines is 1. The Labute approximate surface area is 165 Å². The lowest BCUT2D eigenvalue weighted by atomic mass is 10.1. The first-order valence-corrected chi connectivity index (χ1v) is 9.12. The summed E-state index contributed by atoms with van der Waals surface area (Å²) in [5.41, 5.74) is 2.54. The lowest BCUT2D eigenvalue weighted by molar-refractivity contribution is 0.102. The van der Waals surface area contributed by atoms with Gasteiger partial charge in [-0.25, -0.2) is 8.78 Å². The van der Waals surface area contributed by atoms with Crippen molar-refractivity contribution >= 4 is 28.2 Å². The molecule has 0 aliphatic rings. The lowest BCUT2D eigenvalue weighted by Gasteiger charge is -2.09. The number of hydrogen-bond donors (Lipinski definition) is 3. The van der Waals surface area contributed by atoms with Gasteiger partial charge in [-0.1, -0.05) is 24.3 Å². The van der Waals surface area contributed by atoms with Crippen LogP contribution in [0.5, 0.6) is 0 Å². The highest BCUT2D eigenvalue weighted by Crippen LogP contribution is 2.20. The van der Waals surface area contributed by atoms with E-state index in [1.807, 2.05) is 24.4 Å². The van der Waals surface area contributed by atoms with Crippen molar-refractivity contribution in [1.82, 2.24) is 9.97 Å². The van der Waals surface area contributed by atoms with Gasteiger partial charge in [-0.2, -0.15) is 0 Å². The van der Waals surface area contributed by atoms with Crippen LogP contribution >= 0.6 is 0 Å². The molecule has 2 heterocycles. The van der Waals surface area contributed by atoms with Gasteiger partial charge in [-0.15, -0.1) is 0 Å². The predicted octanol–water partition coefficient (Wildman–Crippen LogP) is 4.75. The Hall–Kier alpha value is -3.74. The van der Waals surface area contributed by atoms with Gasteiger partial charge in [0.05, 0.1) is 0 Å². The first-order chi connectivity index (χ1) is 14.1. The fourth-order valence-corrected chi connectivity index (χ4v) is 3.14. The average Bonchev–Trinajstić information content (AvgIpc) is 3.14. The number of benzene rings is 2. The number of hydrogen-bond acceptors (Lipinski definition) is 3. The molecule has 0 bridgehead atoms. The van der Waals surface area contributed by atoms with Crippen molar-refractivity contribution < 1.29 is 13.6 Å². The van der Waals surface area contributed by atoms with Gasteiger partial charge in [0.1, 0.15) is 23.0 Å². The van der Waals surface area contributed by atoms with Gasteiger partial charge in [0.2, 0.25) is 0 Å². The van der Waals surface area contributed by atoms with Gasteiger partial charge < -0.3 is 15.6 Å². The largest absolute Gasteiger partial charge is 0.385 e. The van der Waals surface area contributed by atoms with E-state index in [4.69, 9.17) is 0 Å². The zero-order chi connectivity index (χ0) is 20.2. The molecular weight excluding hydrogens is 374 g/mol. The molecule has 146 valence electrons. The number of aromatic nitrogens is 2. The summed E-state index contributed by atoms with van der Waals surface area (Å²) in [5, 5.41) is 6.66. The van der Waals surface area contributed by atoms with Gasteiger partial charge >= 0.3 is 0 Å². The number of rotatable bonds is 6. The summed E-state index contributed by atoms with van der Waals surface area (Å²) in [6.07, 6.45) is 4.25. The molecule has 7 heteroatoms. The van der Waals surface area contributed by atoms with Gasteiger partial charge in [0.15, 0.2) is 0 Å². The summed E-state index contributed by atoms with van der Waals surface area (Å²) in [5.74, 6) is -2.37. The normalized spacial score (nSPS) is 10.8. The van der Waals surface area contributed by atoms with E-state index < -0.39 is 23.2 Å². The second-order valence-corrected chi connectivity index (χ2v) is 6.52. The number of para-hydroxylation sites is 2. The third-order valence-electron chi connectivity index (χ3n) is 4.59. The Morgan fingerprint density at radius 1 is 1.03 bits per heavy atom. The van der Waals surface area contributed by atoms with Gasteiger partial charge in [-0.05, 0) is 42.3 Å². The minimum Gasteiger partial charge on any atom is -0.385 e. The minimum atomic E-state index is -0.841. The van der Waals surface area contributed by atoms with Gasteiger partial charge in [-0.3, -0.25) is 9.78 Å². The Kier molecular flexibility index (Phi) is 5.20. The van der Waals surface area contributed by atoms with Crippen molar-refractivity contribution in [2.75, 3.05) is 17.2 Å². The van der Waals surface area contributed by atoms with Crippen LogP contribution in [-0.2, 0) is 6.42 Å². The molecular formula is C22H18F2N4O. The molecule has 0 radical (unpaired) electrons. The van der Waals surface area contributed by atoms with Crippen LogP contribution < -0.4 is 10.6 Å². The van der Waals surface area contributed by atoms with Crippen molar-refractivity contribution in [3.05, 3.63) is 89.9 Å². The highest BCUT2D eigenvalue weighted by molar-refractivity contribution is 6.03. The number of anilines is 2. The standard InChI is InChI=1S/C22H18F2N4O/c23-17-5-3-6-18(24)21(17)28-22(29)20-12-15(9-11-26-20)25-10-8-14-13-27-19-7-2-1-4-16(14)19/h1-7,9,11-13,27H,8,10H2,(H,25,26)(H,28,29). The Balaban J connectivity index is 1.41. The van der Waals surface area contributed by atoms with Crippen LogP contribution in [0, 0.1) is 11.6 Å². The summed E-state index contributed by atoms with van der Waals surface area (Å²) in [6.45, 7) is 0.648. The molecule has 0 saturated carbocycles. The first-order valence-electron chi connectivity index (χ1n) is 9.12. The maximum atomic E-state index is 13.7. The zero-order valence-electron chi connectivity index (χ0n) is 15.4. The third kappa shape index (κ3) is 4.08. The maximum absolute atomic E-state index is 13.7. The summed E-state index contributed by atoms with van der Waals surface area (Å²) >= 11 is 0. The quantitative estimate of drug-likeness (QED) is 0.444. The van der Waals surface area contributed by atoms with Crippen LogP contribution in [0.4, 0.5) is 20.2 Å². The predicted molar refractivity (Wildman–Crippen MR) is 109 cm³/mol. The smallest absolute Gasteiger partial charge is 0.274 e. The Bertz CT molecular complexity index is 1150. The second-order valence-electron chi connectivity index (χ2n) is 6.52. The zero-order valence-corrected chi connectivity index (χ0v) is 15.4. The molecule has 5 nitrogen and oxygen atoms in total. The first kappa shape index (κ1) is 18.6. The minimum absolute atomic E-state index is 0.0600. The van der Waals surface area contributed by atoms with Crippen LogP contribution in [0.1, 0.15) is 16.1 Å². The molecule has 2 aromatic heterocycles. The second kappa shape index (κ2) is 8.10. The number of H-pyrrole nitrogens is 1. The molecule has 1 amide bonds. The molecule has 0 spiro atoms. The van der Waals surface area contributed by atoms with Crippen molar-refractivity contribution in [2.24, 2.45) is 0 Å². The molecule has 0 aliphatic carbocycles. The summed E-state index contributed by atoms with van der Waals surface area (Å²) in [4.78, 5) is 19.6. The van der Waals surface area contributed by atoms with E-state index >= 15 is 0 Å². The lowest BCUT2D eigenvalue weighted by Crippen LogP contribution is -2.16. The highest BCUT2D eigenvalue weighted by atomic mass is 19.1. The number of pyridine rings is 1. The molecule has 0 atom stereocenters. The maximum Gasteiger partial charge on any atom is 0.274 e. The summed E-state index contributed by atoms with van der Waals surface area (Å²) in [7, 11) is 0. The number of carbonyl (C=O) groups is 1. The van der Waals surface area contributed by atoms with E-state index in [2.05, 4.69) is 26.7 Å². The SMILES string of the molecule is O=C(Nc1c(F)cccc1F)c1cc(NCCc2c[nH]c3ccccc23)ccn1. The topological polar surface area (TPSA) is 69.8 Å². The molecule has 0 fully saturated rings. The van der Waals surface area contributed by atoms with Crippen molar-refractivity contribution in [3.8, 4) is 0 Å². The Morgan fingerprint density at radius 2 is 1.83 bits per heavy atom. The van der Waals surface area contributed by atoms with E-state index in [0.29, 0.717) is 12.2 Å². The van der Waals surface area contributed by atoms with Crippen molar-refractivity contribution in [2.45, 2.75) is 6.42 Å². The van der Waals surface area contributed by atoms with Gasteiger partial charge in [0.25, 0.3) is 5.91 Å². The van der Waals surface area contributed by atoms with Crippen LogP contribution in [0.25, 0.3) is 10.9 Å². The number of fused-ring (bicyclic) bond motifs is 1. The van der Waals surface area contributed by atoms with Gasteiger partial charge in [0, 0.05) is 35.5 Å². The molecule has 0 aliphatic heterocycles. The van der Waals surface area contributed by atoms with E-state index in [1.165, 1.54) is 23.2 Å². The van der Waals surface area contributed by atoms with E-state index in [1.54, 1.807) is 12.1 Å². The third-order valence-corrected chi connectivity index (χ3v) is 4.59. The Morgan fingerprint density at radius 3 is 2.66 bits per heavy atom. The molecule has 4 aromatic rings. The number of nitrogens with one attached hydrogen (secondary N) is 3. The van der Waals surface area contributed by atoms with E-state index in [-0.39, 0.29) is 5.69 Å². The fraction of sp³-hybridized carbons (Fsp3) is 0.0909. The monoisotopic (exact) mass is 392 g/mol. The molecule has 4 rings (SSSR count). The highest BCUT2D eigenvalue weighted by Gasteiger charge is 2.14. The number of halogens is 2. The summed E-state index contributed by atoms with van der Waals surface area (Å²) < 4.78 is 27.5. The number of nitrogens with zero attached hydrogens (tertiary/aromatic N) is 1. The van der Waals surface area contributed by atoms with Crippen LogP contribution in [0.2, 0.25) is 0 Å². The molecule has 3 N–H and O–H groups in total. The van der Waals surface area contributed by atoms with E-state index in [9.17, 15) is 13.6 Å².